The Labute approximate surface area is 281 Å². The van der Waals surface area contributed by atoms with Crippen molar-refractivity contribution in [1.29, 1.82) is 0 Å². The molecule has 0 aliphatic carbocycles. The van der Waals surface area contributed by atoms with Crippen LogP contribution in [0.3, 0.4) is 0 Å². The molecule has 1 fully saturated rings. The summed E-state index contributed by atoms with van der Waals surface area (Å²) in [6.07, 6.45) is -0.806. The maximum absolute atomic E-state index is 11.1. The van der Waals surface area contributed by atoms with E-state index in [1.165, 1.54) is 0 Å². The van der Waals surface area contributed by atoms with Gasteiger partial charge >= 0.3 is 150 Å². The third-order valence-corrected chi connectivity index (χ3v) is 6.72. The van der Waals surface area contributed by atoms with E-state index in [2.05, 4.69) is 0 Å². The van der Waals surface area contributed by atoms with Crippen LogP contribution in [0.25, 0.3) is 0 Å². The summed E-state index contributed by atoms with van der Waals surface area (Å²) < 4.78 is 44.5. The zero-order valence-electron chi connectivity index (χ0n) is 19.3. The standard InChI is InChI=1S/C12H24N4O8P4.4Na/c17-25(18)9-13-1-2-14(10-26(19)20)5-6-16(12-28(23)24)8-7-15(4-3-13)11-27(21)22;;;;/h1-12H2;;;;/q;4*+1. The van der Waals surface area contributed by atoms with Crippen molar-refractivity contribution in [1.82, 2.24) is 19.6 Å². The molecular weight excluding hydrogens is 544 g/mol. The Morgan fingerprint density at radius 2 is 0.531 bits per heavy atom. The van der Waals surface area contributed by atoms with Crippen molar-refractivity contribution >= 4 is 32.1 Å². The maximum Gasteiger partial charge on any atom is 1.00 e. The summed E-state index contributed by atoms with van der Waals surface area (Å²) in [6, 6.07) is 0. The molecule has 0 aromatic rings. The fourth-order valence-electron chi connectivity index (χ4n) is 2.80. The fraction of sp³-hybridized carbons (Fsp3) is 1.00. The average molecular weight is 568 g/mol. The van der Waals surface area contributed by atoms with E-state index in [-0.39, 0.29) is 143 Å². The molecule has 4 atom stereocenters. The Morgan fingerprint density at radius 1 is 0.406 bits per heavy atom. The molecule has 12 nitrogen and oxygen atoms in total. The predicted molar refractivity (Wildman–Crippen MR) is 96.2 cm³/mol. The van der Waals surface area contributed by atoms with Gasteiger partial charge in [-0.2, -0.15) is 0 Å². The Bertz CT molecular complexity index is 477. The Kier molecular flexibility index (Phi) is 34.2. The first-order valence-corrected chi connectivity index (χ1v) is 14.0. The van der Waals surface area contributed by atoms with Crippen molar-refractivity contribution in [2.24, 2.45) is 0 Å². The van der Waals surface area contributed by atoms with Gasteiger partial charge in [-0.05, 0) is 0 Å². The topological polar surface area (TPSA) is 173 Å². The normalized spacial score (nSPS) is 19.4. The maximum atomic E-state index is 11.1. The molecular formula is C12H24N4Na4O8P4+4. The second-order valence-electron chi connectivity index (χ2n) is 6.37. The zero-order chi connectivity index (χ0) is 21.1. The Hall–Kier alpha value is 4.08. The zero-order valence-corrected chi connectivity index (χ0v) is 30.9. The van der Waals surface area contributed by atoms with Gasteiger partial charge in [0, 0.05) is 52.4 Å². The summed E-state index contributed by atoms with van der Waals surface area (Å²) in [4.78, 5) is 51.0. The molecule has 0 saturated carbocycles. The summed E-state index contributed by atoms with van der Waals surface area (Å²) in [7, 11) is -10.7. The molecule has 0 amide bonds. The van der Waals surface area contributed by atoms with Gasteiger partial charge in [-0.3, -0.25) is 19.6 Å². The molecule has 32 heavy (non-hydrogen) atoms. The van der Waals surface area contributed by atoms with E-state index in [0.29, 0.717) is 52.4 Å². The molecule has 0 N–H and O–H groups in total. The molecule has 1 aliphatic rings. The largest absolute Gasteiger partial charge is 1.00 e. The Balaban J connectivity index is -0.000000980. The number of nitrogens with zero attached hydrogens (tertiary/aromatic N) is 4. The van der Waals surface area contributed by atoms with Crippen LogP contribution in [0.2, 0.25) is 0 Å². The summed E-state index contributed by atoms with van der Waals surface area (Å²) in [5.41, 5.74) is 0. The van der Waals surface area contributed by atoms with Gasteiger partial charge in [0.25, 0.3) is 0 Å². The van der Waals surface area contributed by atoms with Crippen LogP contribution in [0, 0.1) is 0 Å². The Morgan fingerprint density at radius 3 is 0.625 bits per heavy atom. The van der Waals surface area contributed by atoms with E-state index >= 15 is 0 Å². The average Bonchev–Trinajstić information content (AvgIpc) is 2.55. The minimum absolute atomic E-state index is 0. The van der Waals surface area contributed by atoms with Crippen molar-refractivity contribution in [2.45, 2.75) is 0 Å². The van der Waals surface area contributed by atoms with Gasteiger partial charge < -0.3 is 19.6 Å². The third-order valence-electron chi connectivity index (χ3n) is 4.19. The summed E-state index contributed by atoms with van der Waals surface area (Å²) >= 11 is 0. The van der Waals surface area contributed by atoms with Crippen LogP contribution < -0.4 is 138 Å². The van der Waals surface area contributed by atoms with E-state index in [1.807, 2.05) is 0 Å². The van der Waals surface area contributed by atoms with Gasteiger partial charge in [0.15, 0.2) is 25.1 Å². The summed E-state index contributed by atoms with van der Waals surface area (Å²) in [5.74, 6) is 0. The minimum atomic E-state index is -2.68. The quantitative estimate of drug-likeness (QED) is 0.200. The molecule has 0 aromatic heterocycles. The van der Waals surface area contributed by atoms with E-state index in [9.17, 15) is 37.8 Å². The molecule has 0 aromatic carbocycles. The first-order valence-electron chi connectivity index (χ1n) is 8.52. The molecule has 1 aliphatic heterocycles. The molecule has 1 rings (SSSR count). The molecule has 0 bridgehead atoms. The molecule has 0 radical (unpaired) electrons. The predicted octanol–water partition coefficient (Wildman–Crippen LogP) is -14.5. The van der Waals surface area contributed by atoms with Crippen LogP contribution in [0.15, 0.2) is 0 Å². The summed E-state index contributed by atoms with van der Waals surface area (Å²) in [5, 5.41) is 0. The fourth-order valence-corrected chi connectivity index (χ4v) is 5.24. The molecule has 0 spiro atoms. The van der Waals surface area contributed by atoms with E-state index in [1.54, 1.807) is 19.6 Å². The monoisotopic (exact) mass is 568 g/mol. The van der Waals surface area contributed by atoms with Gasteiger partial charge in [0.05, 0.1) is 0 Å². The van der Waals surface area contributed by atoms with Gasteiger partial charge in [0.1, 0.15) is 0 Å². The molecule has 1 heterocycles. The van der Waals surface area contributed by atoms with Crippen molar-refractivity contribution in [3.05, 3.63) is 0 Å². The van der Waals surface area contributed by atoms with Gasteiger partial charge in [-0.1, -0.05) is 18.3 Å². The van der Waals surface area contributed by atoms with Gasteiger partial charge in [0.2, 0.25) is 0 Å². The van der Waals surface area contributed by atoms with Gasteiger partial charge in [-0.15, -0.1) is 0 Å². The van der Waals surface area contributed by atoms with Gasteiger partial charge in [-0.25, -0.2) is 0 Å². The summed E-state index contributed by atoms with van der Waals surface area (Å²) in [6.45, 7) is 2.33. The van der Waals surface area contributed by atoms with E-state index in [0.717, 1.165) is 0 Å². The molecule has 160 valence electrons. The van der Waals surface area contributed by atoms with Crippen molar-refractivity contribution in [3.63, 3.8) is 0 Å². The first-order chi connectivity index (χ1) is 13.2. The third kappa shape index (κ3) is 23.2. The first kappa shape index (κ1) is 43.1. The second kappa shape index (κ2) is 25.4. The van der Waals surface area contributed by atoms with Crippen LogP contribution in [0.1, 0.15) is 0 Å². The van der Waals surface area contributed by atoms with Crippen molar-refractivity contribution in [2.75, 3.05) is 77.5 Å². The molecule has 1 saturated heterocycles. The van der Waals surface area contributed by atoms with Crippen LogP contribution in [0.4, 0.5) is 0 Å². The van der Waals surface area contributed by atoms with E-state index in [4.69, 9.17) is 0 Å². The van der Waals surface area contributed by atoms with Crippen molar-refractivity contribution < 1.29 is 156 Å². The number of rotatable bonds is 8. The van der Waals surface area contributed by atoms with Crippen LogP contribution in [0.5, 0.6) is 0 Å². The van der Waals surface area contributed by atoms with Crippen LogP contribution in [-0.2, 0) is 18.3 Å². The van der Waals surface area contributed by atoms with Crippen molar-refractivity contribution in [3.8, 4) is 0 Å². The smallest absolute Gasteiger partial charge is 0.594 e. The molecule has 20 heteroatoms. The number of hydrogen-bond acceptors (Lipinski definition) is 12. The number of hydrogen-bond donors (Lipinski definition) is 0. The van der Waals surface area contributed by atoms with Crippen LogP contribution >= 0.6 is 32.1 Å². The second-order valence-corrected chi connectivity index (χ2v) is 10.2. The van der Waals surface area contributed by atoms with Crippen LogP contribution in [-0.4, -0.2) is 97.1 Å². The molecule has 4 unspecified atom stereocenters. The van der Waals surface area contributed by atoms with E-state index < -0.39 is 32.1 Å². The minimum Gasteiger partial charge on any atom is -0.594 e. The SMILES string of the molecule is O=[P+]([O-])CN1CCN(C[P+](=O)[O-])CCN(C[P+](=O)[O-])CCN(C[P+](=O)[O-])CC1.[Na+].[Na+].[Na+].[Na+].